The van der Waals surface area contributed by atoms with Crippen molar-refractivity contribution in [1.29, 1.82) is 0 Å². The summed E-state index contributed by atoms with van der Waals surface area (Å²) < 4.78 is 38.8. The Morgan fingerprint density at radius 1 is 1.19 bits per heavy atom. The second-order valence-electron chi connectivity index (χ2n) is 4.29. The lowest BCUT2D eigenvalue weighted by atomic mass is 10.2. The van der Waals surface area contributed by atoms with E-state index < -0.39 is 11.7 Å². The van der Waals surface area contributed by atoms with E-state index in [9.17, 15) is 13.2 Å². The first-order chi connectivity index (χ1) is 9.95. The van der Waals surface area contributed by atoms with E-state index in [0.717, 1.165) is 17.8 Å². The van der Waals surface area contributed by atoms with Crippen molar-refractivity contribution in [1.82, 2.24) is 14.8 Å². The van der Waals surface area contributed by atoms with Gasteiger partial charge in [-0.05, 0) is 23.6 Å². The minimum atomic E-state index is -4.41. The number of halogens is 3. The van der Waals surface area contributed by atoms with E-state index >= 15 is 0 Å². The number of nitrogens with zero attached hydrogens (tertiary/aromatic N) is 3. The molecular formula is C13H9F3N4S. The second kappa shape index (κ2) is 4.88. The third-order valence-corrected chi connectivity index (χ3v) is 3.53. The largest absolute Gasteiger partial charge is 0.417 e. The summed E-state index contributed by atoms with van der Waals surface area (Å²) >= 11 is 1.51. The maximum absolute atomic E-state index is 12.5. The molecule has 0 aromatic carbocycles. The molecule has 0 atom stereocenters. The molecule has 108 valence electrons. The van der Waals surface area contributed by atoms with E-state index in [-0.39, 0.29) is 5.82 Å². The molecule has 3 heterocycles. The summed E-state index contributed by atoms with van der Waals surface area (Å²) in [6.45, 7) is 0. The molecule has 4 nitrogen and oxygen atoms in total. The Labute approximate surface area is 121 Å². The van der Waals surface area contributed by atoms with Crippen molar-refractivity contribution in [2.75, 3.05) is 5.73 Å². The van der Waals surface area contributed by atoms with Crippen LogP contribution in [-0.4, -0.2) is 14.8 Å². The molecule has 0 unspecified atom stereocenters. The highest BCUT2D eigenvalue weighted by atomic mass is 32.1. The van der Waals surface area contributed by atoms with E-state index in [4.69, 9.17) is 5.73 Å². The number of aromatic nitrogens is 3. The van der Waals surface area contributed by atoms with Gasteiger partial charge in [-0.1, -0.05) is 0 Å². The summed E-state index contributed by atoms with van der Waals surface area (Å²) in [6, 6.07) is 4.09. The lowest BCUT2D eigenvalue weighted by Crippen LogP contribution is -2.07. The van der Waals surface area contributed by atoms with Crippen molar-refractivity contribution in [3.8, 4) is 17.1 Å². The van der Waals surface area contributed by atoms with E-state index in [1.54, 1.807) is 0 Å². The van der Waals surface area contributed by atoms with Crippen molar-refractivity contribution in [2.45, 2.75) is 6.18 Å². The normalized spacial score (nSPS) is 11.8. The first-order valence-electron chi connectivity index (χ1n) is 5.86. The zero-order valence-corrected chi connectivity index (χ0v) is 11.3. The lowest BCUT2D eigenvalue weighted by molar-refractivity contribution is -0.137. The number of hydrogen-bond acceptors (Lipinski definition) is 4. The summed E-state index contributed by atoms with van der Waals surface area (Å²) in [6.07, 6.45) is -2.10. The van der Waals surface area contributed by atoms with Crippen LogP contribution in [0, 0.1) is 0 Å². The molecule has 0 spiro atoms. The topological polar surface area (TPSA) is 56.7 Å². The third kappa shape index (κ3) is 2.62. The zero-order valence-electron chi connectivity index (χ0n) is 10.5. The van der Waals surface area contributed by atoms with Gasteiger partial charge in [0, 0.05) is 17.1 Å². The average Bonchev–Trinajstić information content (AvgIpc) is 3.07. The standard InChI is InChI=1S/C13H9F3N4S/c14-13(15,16)9-1-2-11(18-5-9)20-6-10(17)12(19-20)8-3-4-21-7-8/h1-7H,17H2. The molecule has 2 N–H and O–H groups in total. The van der Waals surface area contributed by atoms with Crippen LogP contribution in [0.2, 0.25) is 0 Å². The number of pyridine rings is 1. The second-order valence-corrected chi connectivity index (χ2v) is 5.07. The molecule has 3 rings (SSSR count). The minimum Gasteiger partial charge on any atom is -0.396 e. The summed E-state index contributed by atoms with van der Waals surface area (Å²) in [5, 5.41) is 8.05. The van der Waals surface area contributed by atoms with E-state index in [0.29, 0.717) is 11.4 Å². The smallest absolute Gasteiger partial charge is 0.396 e. The fourth-order valence-corrected chi connectivity index (χ4v) is 2.46. The fraction of sp³-hybridized carbons (Fsp3) is 0.0769. The number of hydrogen-bond donors (Lipinski definition) is 1. The molecule has 0 aliphatic heterocycles. The first-order valence-corrected chi connectivity index (χ1v) is 6.81. The number of alkyl halides is 3. The van der Waals surface area contributed by atoms with Crippen LogP contribution in [-0.2, 0) is 6.18 Å². The number of anilines is 1. The molecule has 0 saturated heterocycles. The van der Waals surface area contributed by atoms with Crippen LogP contribution in [0.1, 0.15) is 5.56 Å². The number of rotatable bonds is 2. The number of nitrogens with two attached hydrogens (primary N) is 1. The van der Waals surface area contributed by atoms with Crippen LogP contribution in [0.4, 0.5) is 18.9 Å². The first kappa shape index (κ1) is 13.6. The summed E-state index contributed by atoms with van der Waals surface area (Å²) in [5.41, 5.74) is 6.97. The summed E-state index contributed by atoms with van der Waals surface area (Å²) in [7, 11) is 0. The summed E-state index contributed by atoms with van der Waals surface area (Å²) in [5.74, 6) is 0.274. The van der Waals surface area contributed by atoms with Gasteiger partial charge < -0.3 is 5.73 Å². The number of thiophene rings is 1. The number of nitrogen functional groups attached to an aromatic ring is 1. The van der Waals surface area contributed by atoms with E-state index in [1.165, 1.54) is 28.3 Å². The van der Waals surface area contributed by atoms with Gasteiger partial charge in [-0.2, -0.15) is 29.6 Å². The van der Waals surface area contributed by atoms with E-state index in [1.807, 2.05) is 16.8 Å². The predicted octanol–water partition coefficient (Wildman–Crippen LogP) is 3.60. The Kier molecular flexibility index (Phi) is 3.17. The quantitative estimate of drug-likeness (QED) is 0.787. The van der Waals surface area contributed by atoms with Crippen LogP contribution in [0.25, 0.3) is 17.1 Å². The van der Waals surface area contributed by atoms with Gasteiger partial charge in [-0.3, -0.25) is 0 Å². The SMILES string of the molecule is Nc1cn(-c2ccc(C(F)(F)F)cn2)nc1-c1ccsc1. The third-order valence-electron chi connectivity index (χ3n) is 2.85. The monoisotopic (exact) mass is 310 g/mol. The Morgan fingerprint density at radius 2 is 2.00 bits per heavy atom. The Bertz CT molecular complexity index is 745. The van der Waals surface area contributed by atoms with Gasteiger partial charge in [0.2, 0.25) is 0 Å². The molecule has 3 aromatic rings. The van der Waals surface area contributed by atoms with E-state index in [2.05, 4.69) is 10.1 Å². The summed E-state index contributed by atoms with van der Waals surface area (Å²) in [4.78, 5) is 3.78. The minimum absolute atomic E-state index is 0.274. The molecule has 0 radical (unpaired) electrons. The maximum atomic E-state index is 12.5. The molecular weight excluding hydrogens is 301 g/mol. The van der Waals surface area contributed by atoms with Crippen molar-refractivity contribution >= 4 is 17.0 Å². The molecule has 0 saturated carbocycles. The fourth-order valence-electron chi connectivity index (χ4n) is 1.82. The lowest BCUT2D eigenvalue weighted by Gasteiger charge is -2.06. The molecule has 0 aliphatic carbocycles. The van der Waals surface area contributed by atoms with Gasteiger partial charge in [0.05, 0.1) is 17.4 Å². The molecule has 21 heavy (non-hydrogen) atoms. The van der Waals surface area contributed by atoms with Crippen molar-refractivity contribution in [3.05, 3.63) is 46.9 Å². The van der Waals surface area contributed by atoms with Crippen molar-refractivity contribution in [2.24, 2.45) is 0 Å². The van der Waals surface area contributed by atoms with Crippen LogP contribution in [0.3, 0.4) is 0 Å². The molecule has 8 heteroatoms. The van der Waals surface area contributed by atoms with Gasteiger partial charge >= 0.3 is 6.18 Å². The predicted molar refractivity (Wildman–Crippen MR) is 74.1 cm³/mol. The van der Waals surface area contributed by atoms with Gasteiger partial charge in [0.15, 0.2) is 5.82 Å². The molecule has 0 bridgehead atoms. The van der Waals surface area contributed by atoms with Gasteiger partial charge in [-0.25, -0.2) is 9.67 Å². The maximum Gasteiger partial charge on any atom is 0.417 e. The molecule has 0 aliphatic rings. The highest BCUT2D eigenvalue weighted by Crippen LogP contribution is 2.30. The van der Waals surface area contributed by atoms with Gasteiger partial charge in [-0.15, -0.1) is 0 Å². The van der Waals surface area contributed by atoms with Crippen molar-refractivity contribution in [3.63, 3.8) is 0 Å². The molecule has 0 amide bonds. The average molecular weight is 310 g/mol. The van der Waals surface area contributed by atoms with Crippen LogP contribution >= 0.6 is 11.3 Å². The Hall–Kier alpha value is -2.35. The Balaban J connectivity index is 1.96. The van der Waals surface area contributed by atoms with Gasteiger partial charge in [0.25, 0.3) is 0 Å². The highest BCUT2D eigenvalue weighted by Gasteiger charge is 2.30. The Morgan fingerprint density at radius 3 is 2.57 bits per heavy atom. The van der Waals surface area contributed by atoms with Crippen molar-refractivity contribution < 1.29 is 13.2 Å². The molecule has 3 aromatic heterocycles. The molecule has 0 fully saturated rings. The highest BCUT2D eigenvalue weighted by molar-refractivity contribution is 7.08. The van der Waals surface area contributed by atoms with Gasteiger partial charge in [0.1, 0.15) is 5.69 Å². The van der Waals surface area contributed by atoms with Crippen LogP contribution in [0.5, 0.6) is 0 Å². The van der Waals surface area contributed by atoms with Crippen LogP contribution in [0.15, 0.2) is 41.4 Å². The zero-order chi connectivity index (χ0) is 15.0. The van der Waals surface area contributed by atoms with Crippen LogP contribution < -0.4 is 5.73 Å².